The first-order valence-corrected chi connectivity index (χ1v) is 16.3. The van der Waals surface area contributed by atoms with E-state index in [2.05, 4.69) is 62.1 Å². The largest absolute Gasteiger partial charge is 0.429 e. The Bertz CT molecular complexity index is 2340. The van der Waals surface area contributed by atoms with Crippen LogP contribution in [0.3, 0.4) is 0 Å². The molecule has 50 heavy (non-hydrogen) atoms. The van der Waals surface area contributed by atoms with E-state index in [0.717, 1.165) is 34.2 Å². The Balaban J connectivity index is 0.0000000898. The first-order chi connectivity index (χ1) is 24.6. The van der Waals surface area contributed by atoms with E-state index in [9.17, 15) is 4.39 Å². The van der Waals surface area contributed by atoms with E-state index in [4.69, 9.17) is 18.9 Å². The Morgan fingerprint density at radius 3 is 1.82 bits per heavy atom. The fourth-order valence-corrected chi connectivity index (χ4v) is 6.78. The fourth-order valence-electron chi connectivity index (χ4n) is 6.78. The van der Waals surface area contributed by atoms with Gasteiger partial charge in [-0.2, -0.15) is 18.3 Å². The van der Waals surface area contributed by atoms with Crippen molar-refractivity contribution in [3.05, 3.63) is 139 Å². The van der Waals surface area contributed by atoms with Crippen molar-refractivity contribution in [3.63, 3.8) is 0 Å². The Hall–Kier alpha value is -6.42. The molecule has 9 heterocycles. The van der Waals surface area contributed by atoms with Gasteiger partial charge in [-0.1, -0.05) is 12.1 Å². The van der Waals surface area contributed by atoms with E-state index < -0.39 is 0 Å². The summed E-state index contributed by atoms with van der Waals surface area (Å²) >= 11 is 0. The lowest BCUT2D eigenvalue weighted by atomic mass is 10.1. The van der Waals surface area contributed by atoms with Gasteiger partial charge in [-0.25, -0.2) is 9.37 Å². The summed E-state index contributed by atoms with van der Waals surface area (Å²) in [6.07, 6.45) is 9.78. The van der Waals surface area contributed by atoms with Gasteiger partial charge in [0, 0.05) is 30.5 Å². The van der Waals surface area contributed by atoms with Crippen LogP contribution in [0, 0.1) is 12.7 Å². The predicted octanol–water partition coefficient (Wildman–Crippen LogP) is 5.75. The van der Waals surface area contributed by atoms with Crippen LogP contribution in [0.1, 0.15) is 5.56 Å². The average Bonchev–Trinajstić information content (AvgIpc) is 3.98. The minimum Gasteiger partial charge on any atom is -0.429 e. The molecule has 9 nitrogen and oxygen atoms in total. The summed E-state index contributed by atoms with van der Waals surface area (Å²) in [5.74, 6) is 3.30. The summed E-state index contributed by atoms with van der Waals surface area (Å²) in [5, 5.41) is 4.34. The normalized spacial score (nSPS) is 13.3. The van der Waals surface area contributed by atoms with Crippen molar-refractivity contribution in [2.24, 2.45) is 0 Å². The van der Waals surface area contributed by atoms with Gasteiger partial charge in [0.25, 0.3) is 54.9 Å². The van der Waals surface area contributed by atoms with Gasteiger partial charge in [0.2, 0.25) is 0 Å². The van der Waals surface area contributed by atoms with Gasteiger partial charge in [-0.3, -0.25) is 0 Å². The summed E-state index contributed by atoms with van der Waals surface area (Å²) in [4.78, 5) is 4.13. The number of pyridine rings is 5. The molecular formula is C40H32FN5O4+4. The highest BCUT2D eigenvalue weighted by Crippen LogP contribution is 2.29. The standard InChI is InChI=1S/C11H10NO.C10H7FNO.C10H8NO.C9H7N2O/c1-8-5-6-12-7-13-10-4-2-3-9(8)11(10)12;11-8-3-4-9-10-7(8)2-1-5-12(10)6-13-9;1-3-8-4-2-6-11-7-12-9(5-1)10(8)11;1-2-7-3-4-10-9-8(7)11(5-1)6-12-9/h2-6H,7H2,1H3;1-5H,6H2;1-6H,7H2;1-5H,6H2/q4*+1. The van der Waals surface area contributed by atoms with Gasteiger partial charge in [-0.05, 0) is 73.2 Å². The predicted molar refractivity (Wildman–Crippen MR) is 182 cm³/mol. The van der Waals surface area contributed by atoms with Crippen molar-refractivity contribution in [3.8, 4) is 23.1 Å². The molecule has 3 aromatic carbocycles. The molecule has 0 aliphatic carbocycles. The van der Waals surface area contributed by atoms with Crippen LogP contribution in [0.15, 0.2) is 128 Å². The molecule has 244 valence electrons. The quantitative estimate of drug-likeness (QED) is 0.193. The van der Waals surface area contributed by atoms with E-state index in [1.54, 1.807) is 18.3 Å². The summed E-state index contributed by atoms with van der Waals surface area (Å²) < 4.78 is 43.2. The topological polar surface area (TPSA) is 65.3 Å². The molecule has 0 spiro atoms. The van der Waals surface area contributed by atoms with Crippen LogP contribution < -0.4 is 37.2 Å². The summed E-state index contributed by atoms with van der Waals surface area (Å²) in [5.41, 5.74) is 5.68. The Kier molecular flexibility index (Phi) is 7.27. The van der Waals surface area contributed by atoms with Gasteiger partial charge in [-0.15, -0.1) is 0 Å². The van der Waals surface area contributed by atoms with Gasteiger partial charge in [0.1, 0.15) is 5.82 Å². The lowest BCUT2D eigenvalue weighted by molar-refractivity contribution is -0.688. The molecule has 4 aliphatic heterocycles. The van der Waals surface area contributed by atoms with Crippen LogP contribution in [0.2, 0.25) is 0 Å². The summed E-state index contributed by atoms with van der Waals surface area (Å²) in [6, 6.07) is 31.4. The third-order valence-corrected chi connectivity index (χ3v) is 9.19. The number of aryl methyl sites for hydroxylation is 1. The number of rotatable bonds is 0. The highest BCUT2D eigenvalue weighted by molar-refractivity contribution is 5.85. The third-order valence-electron chi connectivity index (χ3n) is 9.19. The SMILES string of the molecule is Cc1cc[n+]2c3c(cccc13)OC2.Fc1ccc2c3c1ccc[n+]3CO2.c1cc2c3c(c1)ccc[n+]3CO2.c1cc2ccnc3c2[n+](c1)CO3. The van der Waals surface area contributed by atoms with Crippen molar-refractivity contribution in [1.82, 2.24) is 4.98 Å². The molecule has 0 saturated heterocycles. The molecule has 8 aromatic rings. The lowest BCUT2D eigenvalue weighted by Crippen LogP contribution is -2.31. The smallest absolute Gasteiger partial charge is 0.294 e. The second kappa shape index (κ2) is 12.2. The zero-order valence-electron chi connectivity index (χ0n) is 27.2. The first kappa shape index (κ1) is 29.7. The van der Waals surface area contributed by atoms with Crippen LogP contribution in [-0.2, 0) is 26.9 Å². The number of halogens is 1. The molecule has 5 aromatic heterocycles. The Labute approximate surface area is 286 Å². The van der Waals surface area contributed by atoms with Crippen LogP contribution >= 0.6 is 0 Å². The average molecular weight is 666 g/mol. The minimum atomic E-state index is -0.196. The van der Waals surface area contributed by atoms with Gasteiger partial charge in [0.05, 0.1) is 21.5 Å². The maximum absolute atomic E-state index is 13.3. The zero-order chi connectivity index (χ0) is 33.6. The van der Waals surface area contributed by atoms with E-state index in [1.807, 2.05) is 71.7 Å². The second-order valence-corrected chi connectivity index (χ2v) is 12.2. The van der Waals surface area contributed by atoms with Crippen molar-refractivity contribution in [2.75, 3.05) is 0 Å². The second-order valence-electron chi connectivity index (χ2n) is 12.2. The van der Waals surface area contributed by atoms with Crippen molar-refractivity contribution < 1.29 is 41.6 Å². The number of nitrogens with zero attached hydrogens (tertiary/aromatic N) is 5. The van der Waals surface area contributed by atoms with Crippen LogP contribution in [0.5, 0.6) is 23.1 Å². The fraction of sp³-hybridized carbons (Fsp3) is 0.125. The molecule has 0 atom stereocenters. The highest BCUT2D eigenvalue weighted by Gasteiger charge is 2.25. The molecule has 0 saturated carbocycles. The van der Waals surface area contributed by atoms with Crippen LogP contribution in [-0.4, -0.2) is 4.98 Å². The third kappa shape index (κ3) is 5.13. The van der Waals surface area contributed by atoms with Gasteiger partial charge < -0.3 is 18.9 Å². The minimum absolute atomic E-state index is 0.196. The monoisotopic (exact) mass is 665 g/mol. The van der Waals surface area contributed by atoms with Gasteiger partial charge in [0.15, 0.2) is 42.0 Å². The number of hydrogen-bond donors (Lipinski definition) is 0. The number of aromatic nitrogens is 5. The van der Waals surface area contributed by atoms with E-state index in [0.29, 0.717) is 32.3 Å². The molecule has 0 fully saturated rings. The molecule has 10 heteroatoms. The van der Waals surface area contributed by atoms with E-state index in [-0.39, 0.29) is 5.82 Å². The maximum atomic E-state index is 13.3. The lowest BCUT2D eigenvalue weighted by Gasteiger charge is -1.95. The van der Waals surface area contributed by atoms with Crippen molar-refractivity contribution in [2.45, 2.75) is 33.8 Å². The van der Waals surface area contributed by atoms with Crippen LogP contribution in [0.25, 0.3) is 43.6 Å². The summed E-state index contributed by atoms with van der Waals surface area (Å²) in [6.45, 7) is 4.49. The molecular weight excluding hydrogens is 633 g/mol. The zero-order valence-corrected chi connectivity index (χ0v) is 27.2. The maximum Gasteiger partial charge on any atom is 0.294 e. The molecule has 4 aliphatic rings. The summed E-state index contributed by atoms with van der Waals surface area (Å²) in [7, 11) is 0. The molecule has 0 unspecified atom stereocenters. The number of para-hydroxylation sites is 2. The van der Waals surface area contributed by atoms with E-state index >= 15 is 0 Å². The van der Waals surface area contributed by atoms with Crippen molar-refractivity contribution in [1.29, 1.82) is 0 Å². The number of benzene rings is 3. The molecule has 0 bridgehead atoms. The van der Waals surface area contributed by atoms with E-state index in [1.165, 1.54) is 38.8 Å². The van der Waals surface area contributed by atoms with Crippen LogP contribution in [0.4, 0.5) is 4.39 Å². The Morgan fingerprint density at radius 1 is 0.500 bits per heavy atom. The van der Waals surface area contributed by atoms with Crippen molar-refractivity contribution >= 4 is 43.6 Å². The molecule has 0 radical (unpaired) electrons. The van der Waals surface area contributed by atoms with Gasteiger partial charge >= 0.3 is 0 Å². The highest BCUT2D eigenvalue weighted by atomic mass is 19.1. The molecule has 12 rings (SSSR count). The number of ether oxygens (including phenoxy) is 4. The Morgan fingerprint density at radius 2 is 1.04 bits per heavy atom. The molecule has 0 amide bonds. The number of hydrogen-bond acceptors (Lipinski definition) is 5. The first-order valence-electron chi connectivity index (χ1n) is 16.3. The molecule has 0 N–H and O–H groups in total.